The lowest BCUT2D eigenvalue weighted by Gasteiger charge is -2.21. The van der Waals surface area contributed by atoms with Gasteiger partial charge in [0.25, 0.3) is 5.69 Å². The van der Waals surface area contributed by atoms with Gasteiger partial charge in [-0.15, -0.1) is 0 Å². The number of hydrogen-bond acceptors (Lipinski definition) is 4. The predicted octanol–water partition coefficient (Wildman–Crippen LogP) is 1.34. The van der Waals surface area contributed by atoms with Gasteiger partial charge in [-0.2, -0.15) is 0 Å². The van der Waals surface area contributed by atoms with Crippen LogP contribution in [0.25, 0.3) is 0 Å². The summed E-state index contributed by atoms with van der Waals surface area (Å²) in [5, 5.41) is 13.8. The standard InChI is InChI=1S/C13H17N3O3/c1-9(7-14-2)8-15-12-4-3-11(16(18)19)5-10(12)6-13(15)17/h3-5,9,14H,6-8H2,1-2H3. The lowest BCUT2D eigenvalue weighted by Crippen LogP contribution is -2.34. The molecule has 1 aromatic carbocycles. The Hall–Kier alpha value is -1.95. The Kier molecular flexibility index (Phi) is 3.80. The molecule has 102 valence electrons. The second-order valence-corrected chi connectivity index (χ2v) is 4.91. The van der Waals surface area contributed by atoms with Crippen LogP contribution in [0, 0.1) is 16.0 Å². The monoisotopic (exact) mass is 263 g/mol. The molecule has 1 unspecified atom stereocenters. The number of nitrogens with one attached hydrogen (secondary N) is 1. The van der Waals surface area contributed by atoms with E-state index in [4.69, 9.17) is 0 Å². The predicted molar refractivity (Wildman–Crippen MR) is 72.2 cm³/mol. The molecule has 0 bridgehead atoms. The minimum absolute atomic E-state index is 0.0125. The number of benzene rings is 1. The highest BCUT2D eigenvalue weighted by molar-refractivity contribution is 6.01. The molecule has 0 aliphatic carbocycles. The normalized spacial score (nSPS) is 15.5. The van der Waals surface area contributed by atoms with Crippen molar-refractivity contribution in [3.63, 3.8) is 0 Å². The van der Waals surface area contributed by atoms with Gasteiger partial charge in [0, 0.05) is 24.4 Å². The fraction of sp³-hybridized carbons (Fsp3) is 0.462. The summed E-state index contributed by atoms with van der Waals surface area (Å²) in [6.45, 7) is 3.52. The molecule has 0 saturated carbocycles. The fourth-order valence-corrected chi connectivity index (χ4v) is 2.41. The molecule has 0 spiro atoms. The van der Waals surface area contributed by atoms with E-state index in [0.717, 1.165) is 17.8 Å². The fourth-order valence-electron chi connectivity index (χ4n) is 2.41. The number of nitro groups is 1. The minimum atomic E-state index is -0.433. The smallest absolute Gasteiger partial charge is 0.269 e. The van der Waals surface area contributed by atoms with Gasteiger partial charge in [0.15, 0.2) is 0 Å². The summed E-state index contributed by atoms with van der Waals surface area (Å²) in [5.41, 5.74) is 1.59. The van der Waals surface area contributed by atoms with E-state index in [0.29, 0.717) is 12.5 Å². The number of carbonyl (C=O) groups excluding carboxylic acids is 1. The molecule has 19 heavy (non-hydrogen) atoms. The van der Waals surface area contributed by atoms with Gasteiger partial charge in [-0.05, 0) is 31.1 Å². The largest absolute Gasteiger partial charge is 0.319 e. The SMILES string of the molecule is CNCC(C)CN1C(=O)Cc2cc([N+](=O)[O-])ccc21. The van der Waals surface area contributed by atoms with Crippen molar-refractivity contribution in [1.82, 2.24) is 5.32 Å². The Morgan fingerprint density at radius 2 is 2.26 bits per heavy atom. The number of anilines is 1. The van der Waals surface area contributed by atoms with Crippen LogP contribution in [0.1, 0.15) is 12.5 Å². The summed E-state index contributed by atoms with van der Waals surface area (Å²) in [4.78, 5) is 24.0. The highest BCUT2D eigenvalue weighted by Crippen LogP contribution is 2.32. The summed E-state index contributed by atoms with van der Waals surface area (Å²) in [7, 11) is 1.87. The highest BCUT2D eigenvalue weighted by Gasteiger charge is 2.29. The summed E-state index contributed by atoms with van der Waals surface area (Å²) in [6.07, 6.45) is 0.253. The van der Waals surface area contributed by atoms with E-state index in [1.165, 1.54) is 12.1 Å². The maximum absolute atomic E-state index is 12.0. The van der Waals surface area contributed by atoms with Gasteiger partial charge in [0.05, 0.1) is 11.3 Å². The van der Waals surface area contributed by atoms with Gasteiger partial charge in [-0.3, -0.25) is 14.9 Å². The van der Waals surface area contributed by atoms with Gasteiger partial charge in [0.2, 0.25) is 5.91 Å². The van der Waals surface area contributed by atoms with Crippen molar-refractivity contribution < 1.29 is 9.72 Å². The first kappa shape index (κ1) is 13.5. The van der Waals surface area contributed by atoms with Gasteiger partial charge in [-0.25, -0.2) is 0 Å². The number of hydrogen-bond donors (Lipinski definition) is 1. The van der Waals surface area contributed by atoms with Crippen LogP contribution in [0.15, 0.2) is 18.2 Å². The third kappa shape index (κ3) is 2.73. The first-order chi connectivity index (χ1) is 9.02. The summed E-state index contributed by atoms with van der Waals surface area (Å²) in [6, 6.07) is 4.62. The molecular formula is C13H17N3O3. The summed E-state index contributed by atoms with van der Waals surface area (Å²) < 4.78 is 0. The zero-order valence-electron chi connectivity index (χ0n) is 11.0. The van der Waals surface area contributed by atoms with Gasteiger partial charge in [-0.1, -0.05) is 6.92 Å². The van der Waals surface area contributed by atoms with E-state index in [1.807, 2.05) is 7.05 Å². The number of carbonyl (C=O) groups is 1. The Labute approximate surface area is 111 Å². The molecule has 1 aliphatic heterocycles. The van der Waals surface area contributed by atoms with Gasteiger partial charge >= 0.3 is 0 Å². The number of fused-ring (bicyclic) bond motifs is 1. The van der Waals surface area contributed by atoms with E-state index < -0.39 is 4.92 Å². The molecule has 1 atom stereocenters. The lowest BCUT2D eigenvalue weighted by molar-refractivity contribution is -0.384. The third-order valence-electron chi connectivity index (χ3n) is 3.25. The molecule has 0 saturated heterocycles. The van der Waals surface area contributed by atoms with E-state index >= 15 is 0 Å². The van der Waals surface area contributed by atoms with Crippen LogP contribution in [0.5, 0.6) is 0 Å². The van der Waals surface area contributed by atoms with Crippen LogP contribution in [0.2, 0.25) is 0 Å². The molecule has 0 radical (unpaired) electrons. The van der Waals surface area contributed by atoms with Crippen LogP contribution in [-0.2, 0) is 11.2 Å². The van der Waals surface area contributed by atoms with Crippen LogP contribution < -0.4 is 10.2 Å². The maximum atomic E-state index is 12.0. The molecular weight excluding hydrogens is 246 g/mol. The third-order valence-corrected chi connectivity index (χ3v) is 3.25. The topological polar surface area (TPSA) is 75.5 Å². The average Bonchev–Trinajstić information content (AvgIpc) is 2.65. The molecule has 0 aromatic heterocycles. The first-order valence-electron chi connectivity index (χ1n) is 6.25. The molecule has 2 rings (SSSR count). The summed E-state index contributed by atoms with van der Waals surface area (Å²) in [5.74, 6) is 0.341. The number of nitrogens with zero attached hydrogens (tertiary/aromatic N) is 2. The zero-order chi connectivity index (χ0) is 14.0. The van der Waals surface area contributed by atoms with Crippen molar-refractivity contribution in [1.29, 1.82) is 0 Å². The van der Waals surface area contributed by atoms with E-state index in [-0.39, 0.29) is 18.0 Å². The van der Waals surface area contributed by atoms with Crippen molar-refractivity contribution in [2.45, 2.75) is 13.3 Å². The average molecular weight is 263 g/mol. The second kappa shape index (κ2) is 5.36. The molecule has 1 aliphatic rings. The number of rotatable bonds is 5. The first-order valence-corrected chi connectivity index (χ1v) is 6.25. The van der Waals surface area contributed by atoms with Crippen molar-refractivity contribution in [3.05, 3.63) is 33.9 Å². The van der Waals surface area contributed by atoms with Crippen molar-refractivity contribution >= 4 is 17.3 Å². The van der Waals surface area contributed by atoms with Crippen molar-refractivity contribution in [3.8, 4) is 0 Å². The lowest BCUT2D eigenvalue weighted by atomic mass is 10.1. The second-order valence-electron chi connectivity index (χ2n) is 4.91. The Morgan fingerprint density at radius 3 is 2.89 bits per heavy atom. The van der Waals surface area contributed by atoms with E-state index in [2.05, 4.69) is 12.2 Å². The van der Waals surface area contributed by atoms with Crippen LogP contribution >= 0.6 is 0 Å². The Balaban J connectivity index is 2.22. The van der Waals surface area contributed by atoms with E-state index in [9.17, 15) is 14.9 Å². The van der Waals surface area contributed by atoms with Crippen LogP contribution in [-0.4, -0.2) is 31.0 Å². The molecule has 6 heteroatoms. The molecule has 1 heterocycles. The number of nitro benzene ring substituents is 1. The zero-order valence-corrected chi connectivity index (χ0v) is 11.0. The van der Waals surface area contributed by atoms with Crippen molar-refractivity contribution in [2.24, 2.45) is 5.92 Å². The molecule has 1 aromatic rings. The minimum Gasteiger partial charge on any atom is -0.319 e. The number of amides is 1. The van der Waals surface area contributed by atoms with Gasteiger partial charge in [0.1, 0.15) is 0 Å². The molecule has 0 fully saturated rings. The molecule has 6 nitrogen and oxygen atoms in total. The van der Waals surface area contributed by atoms with Crippen LogP contribution in [0.3, 0.4) is 0 Å². The van der Waals surface area contributed by atoms with Crippen molar-refractivity contribution in [2.75, 3.05) is 25.0 Å². The Bertz CT molecular complexity index is 516. The molecule has 1 N–H and O–H groups in total. The highest BCUT2D eigenvalue weighted by atomic mass is 16.6. The quantitative estimate of drug-likeness (QED) is 0.642. The van der Waals surface area contributed by atoms with Gasteiger partial charge < -0.3 is 10.2 Å². The Morgan fingerprint density at radius 1 is 1.53 bits per heavy atom. The summed E-state index contributed by atoms with van der Waals surface area (Å²) >= 11 is 0. The molecule has 1 amide bonds. The van der Waals surface area contributed by atoms with Crippen LogP contribution in [0.4, 0.5) is 11.4 Å². The maximum Gasteiger partial charge on any atom is 0.269 e. The van der Waals surface area contributed by atoms with E-state index in [1.54, 1.807) is 11.0 Å². The number of non-ortho nitro benzene ring substituents is 1.